The molecule has 1 aromatic carbocycles. The van der Waals surface area contributed by atoms with Gasteiger partial charge < -0.3 is 14.8 Å². The first kappa shape index (κ1) is 21.1. The van der Waals surface area contributed by atoms with Gasteiger partial charge in [-0.15, -0.1) is 12.4 Å². The first-order valence-corrected chi connectivity index (χ1v) is 9.06. The molecule has 1 aromatic rings. The van der Waals surface area contributed by atoms with E-state index in [1.54, 1.807) is 0 Å². The number of rotatable bonds is 7. The summed E-state index contributed by atoms with van der Waals surface area (Å²) in [6.45, 7) is 3.91. The van der Waals surface area contributed by atoms with Crippen molar-refractivity contribution in [2.75, 3.05) is 33.4 Å². The molecule has 0 bridgehead atoms. The number of sulfonamides is 1. The van der Waals surface area contributed by atoms with Gasteiger partial charge in [0.25, 0.3) is 0 Å². The van der Waals surface area contributed by atoms with E-state index in [1.807, 2.05) is 6.92 Å². The molecule has 0 spiro atoms. The molecule has 138 valence electrons. The number of nitrogens with one attached hydrogen (secondary N) is 2. The minimum absolute atomic E-state index is 0. The Labute approximate surface area is 148 Å². The van der Waals surface area contributed by atoms with Gasteiger partial charge in [0.15, 0.2) is 0 Å². The number of hydrogen-bond acceptors (Lipinski definition) is 5. The number of methoxy groups -OCH3 is 1. The zero-order valence-corrected chi connectivity index (χ0v) is 15.4. The zero-order valence-electron chi connectivity index (χ0n) is 13.7. The van der Waals surface area contributed by atoms with Crippen molar-refractivity contribution in [2.24, 2.45) is 5.92 Å². The smallest absolute Gasteiger partial charge is 0.244 e. The Morgan fingerprint density at radius 1 is 1.38 bits per heavy atom. The molecule has 2 rings (SSSR count). The van der Waals surface area contributed by atoms with E-state index in [4.69, 9.17) is 9.47 Å². The molecule has 1 fully saturated rings. The van der Waals surface area contributed by atoms with Crippen molar-refractivity contribution in [3.05, 3.63) is 24.0 Å². The van der Waals surface area contributed by atoms with Crippen LogP contribution in [0.4, 0.5) is 4.39 Å². The monoisotopic (exact) mass is 382 g/mol. The molecule has 1 saturated heterocycles. The molecule has 2 atom stereocenters. The van der Waals surface area contributed by atoms with Crippen LogP contribution in [0.2, 0.25) is 0 Å². The van der Waals surface area contributed by atoms with E-state index >= 15 is 0 Å². The lowest BCUT2D eigenvalue weighted by Gasteiger charge is -2.30. The molecule has 0 radical (unpaired) electrons. The number of ether oxygens (including phenoxy) is 2. The van der Waals surface area contributed by atoms with Gasteiger partial charge in [-0.25, -0.2) is 17.5 Å². The fourth-order valence-electron chi connectivity index (χ4n) is 2.46. The number of piperidine rings is 1. The van der Waals surface area contributed by atoms with Gasteiger partial charge in [-0.2, -0.15) is 0 Å². The van der Waals surface area contributed by atoms with Gasteiger partial charge in [0.2, 0.25) is 10.0 Å². The van der Waals surface area contributed by atoms with Crippen molar-refractivity contribution in [3.8, 4) is 5.75 Å². The quantitative estimate of drug-likeness (QED) is 0.700. The summed E-state index contributed by atoms with van der Waals surface area (Å²) in [6, 6.07) is 3.24. The summed E-state index contributed by atoms with van der Waals surface area (Å²) in [4.78, 5) is -0.189. The van der Waals surface area contributed by atoms with Crippen molar-refractivity contribution in [1.82, 2.24) is 10.0 Å². The molecule has 1 aliphatic heterocycles. The first-order chi connectivity index (χ1) is 10.9. The lowest BCUT2D eigenvalue weighted by Crippen LogP contribution is -2.50. The van der Waals surface area contributed by atoms with Crippen LogP contribution in [-0.4, -0.2) is 47.9 Å². The highest BCUT2D eigenvalue weighted by molar-refractivity contribution is 7.89. The Morgan fingerprint density at radius 3 is 2.79 bits per heavy atom. The molecular weight excluding hydrogens is 359 g/mol. The molecule has 0 aromatic heterocycles. The molecular formula is C15H24ClFN2O4S. The largest absolute Gasteiger partial charge is 0.490 e. The standard InChI is InChI=1S/C15H23FN2O4S.ClH/c1-11-5-6-17-10-13(11)18-23(19,20)15-9-12(16)3-4-14(15)22-8-7-21-2;/h3-4,9,11,13,17-18H,5-8,10H2,1-2H3;1H. The molecule has 0 aliphatic carbocycles. The van der Waals surface area contributed by atoms with E-state index in [-0.39, 0.29) is 41.6 Å². The molecule has 1 heterocycles. The molecule has 2 unspecified atom stereocenters. The van der Waals surface area contributed by atoms with Crippen LogP contribution < -0.4 is 14.8 Å². The van der Waals surface area contributed by atoms with Crippen molar-refractivity contribution >= 4 is 22.4 Å². The minimum Gasteiger partial charge on any atom is -0.490 e. The van der Waals surface area contributed by atoms with Crippen LogP contribution in [0.5, 0.6) is 5.75 Å². The predicted molar refractivity (Wildman–Crippen MR) is 91.8 cm³/mol. The van der Waals surface area contributed by atoms with Crippen molar-refractivity contribution in [2.45, 2.75) is 24.3 Å². The molecule has 9 heteroatoms. The maximum atomic E-state index is 13.5. The van der Waals surface area contributed by atoms with Crippen LogP contribution in [0, 0.1) is 11.7 Å². The molecule has 0 saturated carbocycles. The van der Waals surface area contributed by atoms with Crippen molar-refractivity contribution in [3.63, 3.8) is 0 Å². The Kier molecular flexibility index (Phi) is 8.38. The lowest BCUT2D eigenvalue weighted by atomic mass is 9.96. The maximum Gasteiger partial charge on any atom is 0.244 e. The SMILES string of the molecule is COCCOc1ccc(F)cc1S(=O)(=O)NC1CNCCC1C.Cl. The topological polar surface area (TPSA) is 76.7 Å². The van der Waals surface area contributed by atoms with E-state index in [0.29, 0.717) is 13.2 Å². The molecule has 0 amide bonds. The van der Waals surface area contributed by atoms with Gasteiger partial charge in [0.1, 0.15) is 23.1 Å². The van der Waals surface area contributed by atoms with Crippen LogP contribution in [0.1, 0.15) is 13.3 Å². The van der Waals surface area contributed by atoms with Gasteiger partial charge in [-0.05, 0) is 37.1 Å². The van der Waals surface area contributed by atoms with E-state index in [0.717, 1.165) is 19.0 Å². The second-order valence-electron chi connectivity index (χ2n) is 5.63. The number of halogens is 2. The summed E-state index contributed by atoms with van der Waals surface area (Å²) in [6.07, 6.45) is 0.882. The van der Waals surface area contributed by atoms with E-state index in [1.165, 1.54) is 19.2 Å². The fourth-order valence-corrected chi connectivity index (χ4v) is 3.96. The molecule has 24 heavy (non-hydrogen) atoms. The summed E-state index contributed by atoms with van der Waals surface area (Å²) in [5.41, 5.74) is 0. The normalized spacial score (nSPS) is 21.1. The lowest BCUT2D eigenvalue weighted by molar-refractivity contribution is 0.144. The Balaban J connectivity index is 0.00000288. The second kappa shape index (κ2) is 9.53. The average molecular weight is 383 g/mol. The third-order valence-corrected chi connectivity index (χ3v) is 5.39. The van der Waals surface area contributed by atoms with E-state index in [2.05, 4.69) is 10.0 Å². The third-order valence-electron chi connectivity index (χ3n) is 3.87. The molecule has 2 N–H and O–H groups in total. The number of benzene rings is 1. The third kappa shape index (κ3) is 5.56. The highest BCUT2D eigenvalue weighted by Gasteiger charge is 2.29. The Hall–Kier alpha value is -0.930. The van der Waals surface area contributed by atoms with Gasteiger partial charge in [-0.3, -0.25) is 0 Å². The van der Waals surface area contributed by atoms with Gasteiger partial charge >= 0.3 is 0 Å². The van der Waals surface area contributed by atoms with Gasteiger partial charge in [0, 0.05) is 19.7 Å². The highest BCUT2D eigenvalue weighted by Crippen LogP contribution is 2.26. The minimum atomic E-state index is -3.88. The van der Waals surface area contributed by atoms with Gasteiger partial charge in [0.05, 0.1) is 6.61 Å². The van der Waals surface area contributed by atoms with Crippen molar-refractivity contribution < 1.29 is 22.3 Å². The fraction of sp³-hybridized carbons (Fsp3) is 0.600. The van der Waals surface area contributed by atoms with E-state index in [9.17, 15) is 12.8 Å². The second-order valence-corrected chi connectivity index (χ2v) is 7.31. The molecule has 6 nitrogen and oxygen atoms in total. The summed E-state index contributed by atoms with van der Waals surface area (Å²) in [5, 5.41) is 3.16. The Bertz CT molecular complexity index is 630. The van der Waals surface area contributed by atoms with Crippen LogP contribution in [0.15, 0.2) is 23.1 Å². The van der Waals surface area contributed by atoms with Crippen LogP contribution in [0.25, 0.3) is 0 Å². The van der Waals surface area contributed by atoms with Crippen LogP contribution in [0.3, 0.4) is 0 Å². The maximum absolute atomic E-state index is 13.5. The summed E-state index contributed by atoms with van der Waals surface area (Å²) in [7, 11) is -2.36. The zero-order chi connectivity index (χ0) is 16.9. The molecule has 1 aliphatic rings. The average Bonchev–Trinajstić information content (AvgIpc) is 2.51. The van der Waals surface area contributed by atoms with E-state index < -0.39 is 15.8 Å². The Morgan fingerprint density at radius 2 is 2.12 bits per heavy atom. The predicted octanol–water partition coefficient (Wildman–Crippen LogP) is 1.55. The van der Waals surface area contributed by atoms with Crippen LogP contribution in [-0.2, 0) is 14.8 Å². The number of hydrogen-bond donors (Lipinski definition) is 2. The summed E-state index contributed by atoms with van der Waals surface area (Å²) in [5.74, 6) is -0.302. The van der Waals surface area contributed by atoms with Gasteiger partial charge in [-0.1, -0.05) is 6.92 Å². The summed E-state index contributed by atoms with van der Waals surface area (Å²) >= 11 is 0. The summed E-state index contributed by atoms with van der Waals surface area (Å²) < 4.78 is 51.7. The highest BCUT2D eigenvalue weighted by atomic mass is 35.5. The van der Waals surface area contributed by atoms with Crippen LogP contribution >= 0.6 is 12.4 Å². The first-order valence-electron chi connectivity index (χ1n) is 7.58. The van der Waals surface area contributed by atoms with Crippen molar-refractivity contribution in [1.29, 1.82) is 0 Å².